The Balaban J connectivity index is -0.000000567. The van der Waals surface area contributed by atoms with Crippen LogP contribution in [0.5, 0.6) is 0 Å². The number of hydrogen-bond acceptors (Lipinski definition) is 9. The molecule has 0 aliphatic heterocycles. The van der Waals surface area contributed by atoms with E-state index >= 15 is 0 Å². The van der Waals surface area contributed by atoms with Crippen molar-refractivity contribution in [3.63, 3.8) is 0 Å². The van der Waals surface area contributed by atoms with Gasteiger partial charge in [0.15, 0.2) is 0 Å². The number of hydrogen-bond donors (Lipinski definition) is 3. The Morgan fingerprint density at radius 2 is 1.11 bits per heavy atom. The summed E-state index contributed by atoms with van der Waals surface area (Å²) in [7, 11) is 3.08. The van der Waals surface area contributed by atoms with Crippen LogP contribution in [-0.2, 0) is 33.3 Å². The van der Waals surface area contributed by atoms with Gasteiger partial charge in [-0.15, -0.1) is 23.2 Å². The van der Waals surface area contributed by atoms with Gasteiger partial charge in [0.05, 0.1) is 25.2 Å². The first-order valence-electron chi connectivity index (χ1n) is 12.1. The maximum Gasteiger partial charge on any atom is 0.407 e. The van der Waals surface area contributed by atoms with Gasteiger partial charge in [-0.1, -0.05) is 12.8 Å². The van der Waals surface area contributed by atoms with Crippen molar-refractivity contribution in [3.05, 3.63) is 0 Å². The fourth-order valence-corrected chi connectivity index (χ4v) is 2.30. The summed E-state index contributed by atoms with van der Waals surface area (Å²) in [5.74, 6) is -0.948. The van der Waals surface area contributed by atoms with Gasteiger partial charge >= 0.3 is 24.1 Å². The van der Waals surface area contributed by atoms with Gasteiger partial charge in [-0.05, 0) is 32.6 Å². The average Bonchev–Trinajstić information content (AvgIpc) is 2.85. The lowest BCUT2D eigenvalue weighted by Gasteiger charge is -2.06. The number of carbonyl (C=O) groups is 4. The third-order valence-corrected chi connectivity index (χ3v) is 4.01. The Morgan fingerprint density at radius 3 is 1.49 bits per heavy atom. The van der Waals surface area contributed by atoms with Crippen LogP contribution in [-0.4, -0.2) is 94.9 Å². The zero-order valence-corrected chi connectivity index (χ0v) is 23.7. The molecule has 0 heterocycles. The number of aliphatic carboxylic acids is 1. The molecule has 0 spiro atoms. The number of methoxy groups -OCH3 is 2. The molecule has 0 aromatic rings. The van der Waals surface area contributed by atoms with Crippen LogP contribution in [0.3, 0.4) is 0 Å². The summed E-state index contributed by atoms with van der Waals surface area (Å²) in [5.41, 5.74) is 0. The Labute approximate surface area is 229 Å². The average molecular weight is 580 g/mol. The maximum absolute atomic E-state index is 11.1. The summed E-state index contributed by atoms with van der Waals surface area (Å²) < 4.78 is 23.8. The second-order valence-corrected chi connectivity index (χ2v) is 7.84. The molecule has 0 atom stereocenters. The molecule has 0 rings (SSSR count). The SMILES string of the molecule is CCOC(=O)CCCCCNC(=O)OCCOC.COCCOC(=O)NCCCCCC(=O)O.ClCCl. The van der Waals surface area contributed by atoms with Crippen LogP contribution in [0.2, 0.25) is 0 Å². The van der Waals surface area contributed by atoms with E-state index < -0.39 is 18.2 Å². The largest absolute Gasteiger partial charge is 0.481 e. The minimum Gasteiger partial charge on any atom is -0.481 e. The number of alkyl halides is 2. The highest BCUT2D eigenvalue weighted by Gasteiger charge is 2.03. The molecule has 0 fully saturated rings. The van der Waals surface area contributed by atoms with E-state index in [9.17, 15) is 19.2 Å². The Bertz CT molecular complexity index is 558. The summed E-state index contributed by atoms with van der Waals surface area (Å²) in [6, 6.07) is 0. The summed E-state index contributed by atoms with van der Waals surface area (Å²) >= 11 is 9.53. The molecule has 37 heavy (non-hydrogen) atoms. The standard InChI is InChI=1S/C12H23NO5.C10H19NO5.CH2Cl2/c1-3-17-11(14)7-5-4-6-8-13-12(15)18-10-9-16-2;1-15-7-8-16-10(14)11-6-4-2-3-5-9(12)13;2-1-3/h3-10H2,1-2H3,(H,13,15);2-8H2,1H3,(H,11,14)(H,12,13);1H2. The second kappa shape index (κ2) is 34.0. The molecule has 2 amide bonds. The topological polar surface area (TPSA) is 159 Å². The van der Waals surface area contributed by atoms with E-state index in [4.69, 9.17) is 52.0 Å². The molecule has 0 aliphatic rings. The van der Waals surface area contributed by atoms with Crippen molar-refractivity contribution in [1.82, 2.24) is 10.6 Å². The van der Waals surface area contributed by atoms with Gasteiger partial charge in [-0.25, -0.2) is 9.59 Å². The minimum atomic E-state index is -0.785. The van der Waals surface area contributed by atoms with Gasteiger partial charge in [-0.3, -0.25) is 9.59 Å². The predicted octanol–water partition coefficient (Wildman–Crippen LogP) is 3.91. The zero-order valence-electron chi connectivity index (χ0n) is 22.2. The molecule has 12 nitrogen and oxygen atoms in total. The second-order valence-electron chi connectivity index (χ2n) is 7.03. The summed E-state index contributed by atoms with van der Waals surface area (Å²) in [5, 5.41) is 13.8. The number of nitrogens with one attached hydrogen (secondary N) is 2. The molecule has 0 saturated heterocycles. The van der Waals surface area contributed by atoms with Gasteiger partial charge in [0.25, 0.3) is 0 Å². The molecule has 0 saturated carbocycles. The van der Waals surface area contributed by atoms with E-state index in [-0.39, 0.29) is 30.9 Å². The smallest absolute Gasteiger partial charge is 0.407 e. The monoisotopic (exact) mass is 578 g/mol. The van der Waals surface area contributed by atoms with Crippen LogP contribution >= 0.6 is 23.2 Å². The van der Waals surface area contributed by atoms with E-state index in [0.29, 0.717) is 45.8 Å². The number of carbonyl (C=O) groups excluding carboxylic acids is 3. The molecule has 220 valence electrons. The van der Waals surface area contributed by atoms with Crippen molar-refractivity contribution >= 4 is 47.3 Å². The third kappa shape index (κ3) is 41.4. The summed E-state index contributed by atoms with van der Waals surface area (Å²) in [4.78, 5) is 43.2. The minimum absolute atomic E-state index is 0.163. The van der Waals surface area contributed by atoms with Gasteiger partial charge in [0.2, 0.25) is 0 Å². The van der Waals surface area contributed by atoms with Crippen molar-refractivity contribution in [2.75, 3.05) is 65.7 Å². The molecule has 0 aromatic carbocycles. The van der Waals surface area contributed by atoms with E-state index in [1.807, 2.05) is 0 Å². The first-order chi connectivity index (χ1) is 17.8. The Morgan fingerprint density at radius 1 is 0.676 bits per heavy atom. The fourth-order valence-electron chi connectivity index (χ4n) is 2.30. The Hall–Kier alpha value is -2.02. The number of alkyl carbamates (subject to hydrolysis) is 2. The van der Waals surface area contributed by atoms with Crippen LogP contribution in [0, 0.1) is 0 Å². The fraction of sp³-hybridized carbons (Fsp3) is 0.826. The van der Waals surface area contributed by atoms with Crippen LogP contribution in [0.1, 0.15) is 58.3 Å². The highest BCUT2D eigenvalue weighted by Crippen LogP contribution is 2.01. The zero-order chi connectivity index (χ0) is 28.6. The van der Waals surface area contributed by atoms with Crippen LogP contribution < -0.4 is 10.6 Å². The maximum atomic E-state index is 11.1. The lowest BCUT2D eigenvalue weighted by molar-refractivity contribution is -0.143. The molecule has 0 aliphatic carbocycles. The van der Waals surface area contributed by atoms with Crippen molar-refractivity contribution in [1.29, 1.82) is 0 Å². The number of carboxylic acids is 1. The van der Waals surface area contributed by atoms with E-state index in [2.05, 4.69) is 10.6 Å². The van der Waals surface area contributed by atoms with Gasteiger partial charge in [0.1, 0.15) is 13.2 Å². The van der Waals surface area contributed by atoms with Crippen molar-refractivity contribution in [2.24, 2.45) is 0 Å². The molecule has 14 heteroatoms. The predicted molar refractivity (Wildman–Crippen MR) is 140 cm³/mol. The first kappa shape index (κ1) is 39.5. The van der Waals surface area contributed by atoms with E-state index in [1.54, 1.807) is 14.0 Å². The van der Waals surface area contributed by atoms with E-state index in [0.717, 1.165) is 32.1 Å². The van der Waals surface area contributed by atoms with Crippen LogP contribution in [0.15, 0.2) is 0 Å². The van der Waals surface area contributed by atoms with Gasteiger partial charge < -0.3 is 39.4 Å². The normalized spacial score (nSPS) is 9.54. The lowest BCUT2D eigenvalue weighted by Crippen LogP contribution is -2.26. The molecular weight excluding hydrogens is 535 g/mol. The third-order valence-electron chi connectivity index (χ3n) is 4.01. The van der Waals surface area contributed by atoms with Crippen LogP contribution in [0.25, 0.3) is 0 Å². The molecule has 0 bridgehead atoms. The molecule has 0 radical (unpaired) electrons. The number of rotatable bonds is 19. The van der Waals surface area contributed by atoms with Gasteiger partial charge in [-0.2, -0.15) is 0 Å². The molecule has 0 aromatic heterocycles. The first-order valence-corrected chi connectivity index (χ1v) is 13.1. The van der Waals surface area contributed by atoms with Crippen molar-refractivity contribution < 1.29 is 48.0 Å². The number of amides is 2. The Kier molecular flexibility index (Phi) is 36.3. The number of carboxylic acid groups (broad SMARTS) is 1. The summed E-state index contributed by atoms with van der Waals surface area (Å²) in [6.45, 7) is 4.54. The number of halogens is 2. The quantitative estimate of drug-likeness (QED) is 0.0887. The molecular formula is C23H44Cl2N2O10. The molecule has 0 unspecified atom stereocenters. The lowest BCUT2D eigenvalue weighted by atomic mass is 10.2. The molecule has 3 N–H and O–H groups in total. The number of ether oxygens (including phenoxy) is 5. The summed E-state index contributed by atoms with van der Waals surface area (Å²) in [6.07, 6.45) is 4.36. The number of esters is 1. The van der Waals surface area contributed by atoms with E-state index in [1.165, 1.54) is 7.11 Å². The van der Waals surface area contributed by atoms with Gasteiger partial charge in [0, 0.05) is 40.2 Å². The number of unbranched alkanes of at least 4 members (excludes halogenated alkanes) is 4. The van der Waals surface area contributed by atoms with Crippen LogP contribution in [0.4, 0.5) is 9.59 Å². The van der Waals surface area contributed by atoms with Crippen molar-refractivity contribution in [3.8, 4) is 0 Å². The highest BCUT2D eigenvalue weighted by atomic mass is 35.5. The van der Waals surface area contributed by atoms with Crippen molar-refractivity contribution in [2.45, 2.75) is 58.3 Å². The highest BCUT2D eigenvalue weighted by molar-refractivity contribution is 6.40.